The van der Waals surface area contributed by atoms with E-state index in [0.29, 0.717) is 5.75 Å². The lowest BCUT2D eigenvalue weighted by Crippen LogP contribution is -1.57. The lowest BCUT2D eigenvalue weighted by Gasteiger charge is -1.82. The topological polar surface area (TPSA) is 40.5 Å². The molecule has 0 heterocycles. The van der Waals surface area contributed by atoms with Crippen LogP contribution in [-0.2, 0) is 0 Å². The molecule has 0 amide bonds. The highest BCUT2D eigenvalue weighted by atomic mass is 16.3. The third kappa shape index (κ3) is 10.3. The predicted octanol–water partition coefficient (Wildman–Crippen LogP) is 3.08. The zero-order chi connectivity index (χ0) is 12.1. The van der Waals surface area contributed by atoms with Crippen molar-refractivity contribution in [2.24, 2.45) is 0 Å². The number of benzene rings is 2. The van der Waals surface area contributed by atoms with Crippen molar-refractivity contribution in [1.29, 1.82) is 0 Å². The van der Waals surface area contributed by atoms with Crippen LogP contribution >= 0.6 is 0 Å². The standard InChI is InChI=1S/C6H6O.C6H6.C2H6O/c7-6-4-2-1-3-5-6;1-2-4-6-5-3-1;1-2-3/h1-5,7H;1-6H;3H,2H2,1H3. The second-order valence-corrected chi connectivity index (χ2v) is 2.81. The molecule has 2 aromatic carbocycles. The van der Waals surface area contributed by atoms with Crippen LogP contribution in [0.4, 0.5) is 0 Å². The van der Waals surface area contributed by atoms with E-state index in [4.69, 9.17) is 10.2 Å². The van der Waals surface area contributed by atoms with Gasteiger partial charge >= 0.3 is 0 Å². The Morgan fingerprint density at radius 1 is 0.750 bits per heavy atom. The van der Waals surface area contributed by atoms with Gasteiger partial charge < -0.3 is 10.2 Å². The SMILES string of the molecule is CCO.Oc1ccccc1.c1ccccc1. The highest BCUT2D eigenvalue weighted by Crippen LogP contribution is 2.02. The van der Waals surface area contributed by atoms with E-state index in [-0.39, 0.29) is 6.61 Å². The lowest BCUT2D eigenvalue weighted by molar-refractivity contribution is 0.318. The number of aliphatic hydroxyl groups excluding tert-OH is 1. The number of hydrogen-bond donors (Lipinski definition) is 2. The van der Waals surface area contributed by atoms with Crippen molar-refractivity contribution in [3.05, 3.63) is 66.7 Å². The van der Waals surface area contributed by atoms with Gasteiger partial charge in [0.05, 0.1) is 0 Å². The Hall–Kier alpha value is -1.80. The quantitative estimate of drug-likeness (QED) is 0.713. The van der Waals surface area contributed by atoms with Crippen LogP contribution in [0.5, 0.6) is 5.75 Å². The van der Waals surface area contributed by atoms with Crippen LogP contribution in [-0.4, -0.2) is 16.8 Å². The molecular weight excluding hydrogens is 200 g/mol. The summed E-state index contributed by atoms with van der Waals surface area (Å²) in [6.45, 7) is 1.93. The van der Waals surface area contributed by atoms with Gasteiger partial charge in [0.2, 0.25) is 0 Å². The molecule has 0 saturated heterocycles. The van der Waals surface area contributed by atoms with Gasteiger partial charge in [-0.15, -0.1) is 0 Å². The molecule has 0 bridgehead atoms. The summed E-state index contributed by atoms with van der Waals surface area (Å²) in [6, 6.07) is 20.7. The second-order valence-electron chi connectivity index (χ2n) is 2.81. The Morgan fingerprint density at radius 3 is 1.19 bits per heavy atom. The molecule has 2 heteroatoms. The molecule has 2 rings (SSSR count). The Bertz CT molecular complexity index is 292. The summed E-state index contributed by atoms with van der Waals surface area (Å²) < 4.78 is 0. The van der Waals surface area contributed by atoms with E-state index in [2.05, 4.69) is 0 Å². The molecule has 16 heavy (non-hydrogen) atoms. The first kappa shape index (κ1) is 14.2. The van der Waals surface area contributed by atoms with Gasteiger partial charge in [-0.3, -0.25) is 0 Å². The van der Waals surface area contributed by atoms with Gasteiger partial charge in [0.15, 0.2) is 0 Å². The van der Waals surface area contributed by atoms with Crippen LogP contribution in [0.2, 0.25) is 0 Å². The van der Waals surface area contributed by atoms with Gasteiger partial charge in [-0.25, -0.2) is 0 Å². The predicted molar refractivity (Wildman–Crippen MR) is 67.3 cm³/mol. The third-order valence-corrected chi connectivity index (χ3v) is 1.42. The number of phenolic OH excluding ortho intramolecular Hbond substituents is 1. The van der Waals surface area contributed by atoms with Crippen LogP contribution in [0.1, 0.15) is 6.92 Å². The highest BCUT2D eigenvalue weighted by molar-refractivity contribution is 5.18. The molecule has 2 N–H and O–H groups in total. The summed E-state index contributed by atoms with van der Waals surface area (Å²) in [5.74, 6) is 0.322. The Morgan fingerprint density at radius 2 is 1.00 bits per heavy atom. The van der Waals surface area contributed by atoms with Crippen molar-refractivity contribution in [1.82, 2.24) is 0 Å². The van der Waals surface area contributed by atoms with Gasteiger partial charge in [-0.05, 0) is 19.1 Å². The average molecular weight is 218 g/mol. The maximum atomic E-state index is 8.63. The first-order valence-electron chi connectivity index (χ1n) is 5.16. The summed E-state index contributed by atoms with van der Waals surface area (Å²) in [6.07, 6.45) is 0. The summed E-state index contributed by atoms with van der Waals surface area (Å²) in [5, 5.41) is 16.2. The lowest BCUT2D eigenvalue weighted by atomic mass is 10.3. The molecule has 0 spiro atoms. The second kappa shape index (κ2) is 11.3. The van der Waals surface area contributed by atoms with Crippen LogP contribution in [0, 0.1) is 0 Å². The maximum Gasteiger partial charge on any atom is 0.115 e. The molecule has 0 radical (unpaired) electrons. The average Bonchev–Trinajstić information content (AvgIpc) is 2.34. The van der Waals surface area contributed by atoms with Gasteiger partial charge in [-0.1, -0.05) is 54.6 Å². The largest absolute Gasteiger partial charge is 0.508 e. The number of aliphatic hydroxyl groups is 1. The van der Waals surface area contributed by atoms with Crippen molar-refractivity contribution in [3.63, 3.8) is 0 Å². The highest BCUT2D eigenvalue weighted by Gasteiger charge is 1.74. The minimum atomic E-state index is 0.250. The van der Waals surface area contributed by atoms with E-state index in [1.165, 1.54) is 0 Å². The monoisotopic (exact) mass is 218 g/mol. The first-order chi connectivity index (χ1) is 7.81. The zero-order valence-corrected chi connectivity index (χ0v) is 9.45. The fraction of sp³-hybridized carbons (Fsp3) is 0.143. The number of hydrogen-bond acceptors (Lipinski definition) is 2. The Labute approximate surface area is 96.8 Å². The van der Waals surface area contributed by atoms with Gasteiger partial charge in [0, 0.05) is 6.61 Å². The molecular formula is C14H18O2. The van der Waals surface area contributed by atoms with E-state index < -0.39 is 0 Å². The van der Waals surface area contributed by atoms with Crippen molar-refractivity contribution in [2.45, 2.75) is 6.92 Å². The van der Waals surface area contributed by atoms with E-state index in [1.807, 2.05) is 42.5 Å². The van der Waals surface area contributed by atoms with E-state index in [9.17, 15) is 0 Å². The van der Waals surface area contributed by atoms with Crippen LogP contribution in [0.3, 0.4) is 0 Å². The molecule has 0 aliphatic carbocycles. The minimum absolute atomic E-state index is 0.250. The molecule has 0 aliphatic heterocycles. The van der Waals surface area contributed by atoms with Crippen molar-refractivity contribution >= 4 is 0 Å². The fourth-order valence-electron chi connectivity index (χ4n) is 0.813. The Balaban J connectivity index is 0.000000230. The molecule has 0 atom stereocenters. The summed E-state index contributed by atoms with van der Waals surface area (Å²) in [5.41, 5.74) is 0. The Kier molecular flexibility index (Phi) is 10.0. The molecule has 0 fully saturated rings. The summed E-state index contributed by atoms with van der Waals surface area (Å²) >= 11 is 0. The van der Waals surface area contributed by atoms with Crippen LogP contribution < -0.4 is 0 Å². The zero-order valence-electron chi connectivity index (χ0n) is 9.45. The van der Waals surface area contributed by atoms with Crippen molar-refractivity contribution in [3.8, 4) is 5.75 Å². The van der Waals surface area contributed by atoms with Gasteiger partial charge in [0.25, 0.3) is 0 Å². The van der Waals surface area contributed by atoms with E-state index in [1.54, 1.807) is 31.2 Å². The molecule has 0 saturated carbocycles. The molecule has 0 aromatic heterocycles. The normalized spacial score (nSPS) is 7.88. The number of aromatic hydroxyl groups is 1. The maximum absolute atomic E-state index is 8.63. The molecule has 2 nitrogen and oxygen atoms in total. The van der Waals surface area contributed by atoms with Gasteiger partial charge in [0.1, 0.15) is 5.75 Å². The van der Waals surface area contributed by atoms with Crippen molar-refractivity contribution in [2.75, 3.05) is 6.61 Å². The number of rotatable bonds is 0. The first-order valence-corrected chi connectivity index (χ1v) is 5.16. The number of phenols is 1. The molecule has 0 unspecified atom stereocenters. The van der Waals surface area contributed by atoms with Crippen LogP contribution in [0.15, 0.2) is 66.7 Å². The molecule has 0 aliphatic rings. The summed E-state index contributed by atoms with van der Waals surface area (Å²) in [7, 11) is 0. The molecule has 2 aromatic rings. The van der Waals surface area contributed by atoms with Crippen LogP contribution in [0.25, 0.3) is 0 Å². The summed E-state index contributed by atoms with van der Waals surface area (Å²) in [4.78, 5) is 0. The van der Waals surface area contributed by atoms with Crippen molar-refractivity contribution < 1.29 is 10.2 Å². The molecule has 86 valence electrons. The minimum Gasteiger partial charge on any atom is -0.508 e. The van der Waals surface area contributed by atoms with E-state index >= 15 is 0 Å². The third-order valence-electron chi connectivity index (χ3n) is 1.42. The van der Waals surface area contributed by atoms with E-state index in [0.717, 1.165) is 0 Å². The number of para-hydroxylation sites is 1. The van der Waals surface area contributed by atoms with Gasteiger partial charge in [-0.2, -0.15) is 0 Å². The fourth-order valence-corrected chi connectivity index (χ4v) is 0.813. The smallest absolute Gasteiger partial charge is 0.115 e.